The number of amides is 1. The van der Waals surface area contributed by atoms with Gasteiger partial charge in [0.2, 0.25) is 0 Å². The first-order valence-electron chi connectivity index (χ1n) is 8.76. The molecule has 6 nitrogen and oxygen atoms in total. The Morgan fingerprint density at radius 1 is 1.15 bits per heavy atom. The molecule has 3 heterocycles. The van der Waals surface area contributed by atoms with Crippen LogP contribution in [0.5, 0.6) is 5.75 Å². The minimum Gasteiger partial charge on any atom is -0.488 e. The number of hydrogen-bond acceptors (Lipinski definition) is 4. The second-order valence-electron chi connectivity index (χ2n) is 6.35. The van der Waals surface area contributed by atoms with Crippen molar-refractivity contribution in [2.75, 3.05) is 13.1 Å². The fourth-order valence-corrected chi connectivity index (χ4v) is 3.19. The van der Waals surface area contributed by atoms with Crippen molar-refractivity contribution < 1.29 is 9.53 Å². The maximum absolute atomic E-state index is 12.8. The summed E-state index contributed by atoms with van der Waals surface area (Å²) in [5.74, 6) is 0.745. The average molecular weight is 348 g/mol. The second-order valence-corrected chi connectivity index (χ2v) is 6.35. The van der Waals surface area contributed by atoms with Crippen molar-refractivity contribution >= 4 is 5.91 Å². The molecular weight excluding hydrogens is 328 g/mol. The van der Waals surface area contributed by atoms with Crippen molar-refractivity contribution in [2.24, 2.45) is 0 Å². The molecule has 4 rings (SSSR count). The number of piperidine rings is 1. The van der Waals surface area contributed by atoms with Crippen LogP contribution in [0.25, 0.3) is 11.3 Å². The van der Waals surface area contributed by atoms with E-state index in [1.807, 2.05) is 53.4 Å². The largest absolute Gasteiger partial charge is 0.488 e. The van der Waals surface area contributed by atoms with E-state index in [0.29, 0.717) is 12.2 Å². The summed E-state index contributed by atoms with van der Waals surface area (Å²) in [6.45, 7) is 1.30. The van der Waals surface area contributed by atoms with Crippen LogP contribution in [-0.4, -0.2) is 45.2 Å². The number of pyridine rings is 1. The van der Waals surface area contributed by atoms with Gasteiger partial charge in [-0.05, 0) is 31.0 Å². The van der Waals surface area contributed by atoms with E-state index in [4.69, 9.17) is 4.74 Å². The molecule has 1 aromatic carbocycles. The third kappa shape index (κ3) is 3.59. The summed E-state index contributed by atoms with van der Waals surface area (Å²) in [6, 6.07) is 15.3. The molecule has 1 N–H and O–H groups in total. The Hall–Kier alpha value is -3.15. The van der Waals surface area contributed by atoms with Crippen LogP contribution in [0.15, 0.2) is 60.9 Å². The molecule has 1 atom stereocenters. The Balaban J connectivity index is 1.44. The topological polar surface area (TPSA) is 71.1 Å². The fourth-order valence-electron chi connectivity index (χ4n) is 3.19. The Morgan fingerprint density at radius 3 is 2.77 bits per heavy atom. The van der Waals surface area contributed by atoms with Gasteiger partial charge in [0.05, 0.1) is 12.2 Å². The van der Waals surface area contributed by atoms with Crippen molar-refractivity contribution in [3.8, 4) is 17.0 Å². The monoisotopic (exact) mass is 348 g/mol. The van der Waals surface area contributed by atoms with E-state index in [1.165, 1.54) is 0 Å². The maximum atomic E-state index is 12.8. The normalized spacial score (nSPS) is 17.1. The van der Waals surface area contributed by atoms with Crippen molar-refractivity contribution in [3.05, 3.63) is 66.6 Å². The van der Waals surface area contributed by atoms with Crippen molar-refractivity contribution in [3.63, 3.8) is 0 Å². The quantitative estimate of drug-likeness (QED) is 0.786. The highest BCUT2D eigenvalue weighted by molar-refractivity contribution is 5.93. The zero-order valence-corrected chi connectivity index (χ0v) is 14.3. The number of nitrogens with one attached hydrogen (secondary N) is 1. The van der Waals surface area contributed by atoms with Gasteiger partial charge in [0, 0.05) is 24.5 Å². The fraction of sp³-hybridized carbons (Fsp3) is 0.250. The SMILES string of the molecule is O=C(c1cc(-c2ccccc2)n[nH]1)N1CCCC(Oc2ccncc2)C1. The van der Waals surface area contributed by atoms with E-state index in [1.54, 1.807) is 12.4 Å². The van der Waals surface area contributed by atoms with Crippen LogP contribution < -0.4 is 4.74 Å². The van der Waals surface area contributed by atoms with Crippen LogP contribution in [0.4, 0.5) is 0 Å². The molecule has 1 unspecified atom stereocenters. The van der Waals surface area contributed by atoms with E-state index in [0.717, 1.165) is 36.4 Å². The van der Waals surface area contributed by atoms with Gasteiger partial charge in [-0.1, -0.05) is 30.3 Å². The van der Waals surface area contributed by atoms with E-state index < -0.39 is 0 Å². The van der Waals surface area contributed by atoms with E-state index in [2.05, 4.69) is 15.2 Å². The molecule has 0 saturated carbocycles. The predicted octanol–water partition coefficient (Wildman–Crippen LogP) is 3.16. The van der Waals surface area contributed by atoms with E-state index >= 15 is 0 Å². The lowest BCUT2D eigenvalue weighted by molar-refractivity contribution is 0.0532. The first-order chi connectivity index (χ1) is 12.8. The Kier molecular flexibility index (Phi) is 4.64. The number of carbonyl (C=O) groups is 1. The molecule has 0 spiro atoms. The first-order valence-corrected chi connectivity index (χ1v) is 8.76. The summed E-state index contributed by atoms with van der Waals surface area (Å²) in [6.07, 6.45) is 5.26. The standard InChI is InChI=1S/C20H20N4O2/c25-20(19-13-18(22-23-19)15-5-2-1-3-6-15)24-12-4-7-17(14-24)26-16-8-10-21-11-9-16/h1-3,5-6,8-11,13,17H,4,7,12,14H2,(H,22,23). The lowest BCUT2D eigenvalue weighted by Crippen LogP contribution is -2.44. The van der Waals surface area contributed by atoms with Gasteiger partial charge < -0.3 is 9.64 Å². The summed E-state index contributed by atoms with van der Waals surface area (Å²) < 4.78 is 5.99. The van der Waals surface area contributed by atoms with Crippen molar-refractivity contribution in [1.29, 1.82) is 0 Å². The number of H-pyrrole nitrogens is 1. The van der Waals surface area contributed by atoms with Gasteiger partial charge >= 0.3 is 0 Å². The number of likely N-dealkylation sites (tertiary alicyclic amines) is 1. The molecule has 26 heavy (non-hydrogen) atoms. The molecule has 132 valence electrons. The van der Waals surface area contributed by atoms with E-state index in [9.17, 15) is 4.79 Å². The lowest BCUT2D eigenvalue weighted by atomic mass is 10.1. The minimum atomic E-state index is -0.0392. The molecule has 2 aromatic heterocycles. The number of aromatic amines is 1. The number of rotatable bonds is 4. The lowest BCUT2D eigenvalue weighted by Gasteiger charge is -2.32. The van der Waals surface area contributed by atoms with E-state index in [-0.39, 0.29) is 12.0 Å². The molecule has 0 aliphatic carbocycles. The zero-order chi connectivity index (χ0) is 17.8. The highest BCUT2D eigenvalue weighted by Gasteiger charge is 2.26. The molecule has 1 aliphatic rings. The third-order valence-corrected chi connectivity index (χ3v) is 4.50. The molecule has 0 bridgehead atoms. The highest BCUT2D eigenvalue weighted by Crippen LogP contribution is 2.21. The zero-order valence-electron chi connectivity index (χ0n) is 14.3. The van der Waals surface area contributed by atoms with Crippen LogP contribution in [0.3, 0.4) is 0 Å². The number of ether oxygens (including phenoxy) is 1. The number of nitrogens with zero attached hydrogens (tertiary/aromatic N) is 3. The molecule has 3 aromatic rings. The Bertz CT molecular complexity index is 864. The summed E-state index contributed by atoms with van der Waals surface area (Å²) in [5.41, 5.74) is 2.27. The van der Waals surface area contributed by atoms with Crippen LogP contribution in [0.2, 0.25) is 0 Å². The van der Waals surface area contributed by atoms with Crippen LogP contribution >= 0.6 is 0 Å². The van der Waals surface area contributed by atoms with Gasteiger partial charge in [0.25, 0.3) is 5.91 Å². The molecular formula is C20H20N4O2. The summed E-state index contributed by atoms with van der Waals surface area (Å²) >= 11 is 0. The molecule has 0 radical (unpaired) electrons. The van der Waals surface area contributed by atoms with Gasteiger partial charge in [-0.3, -0.25) is 14.9 Å². The smallest absolute Gasteiger partial charge is 0.272 e. The van der Waals surface area contributed by atoms with Crippen LogP contribution in [-0.2, 0) is 0 Å². The summed E-state index contributed by atoms with van der Waals surface area (Å²) in [5, 5.41) is 7.15. The predicted molar refractivity (Wildman–Crippen MR) is 97.8 cm³/mol. The molecule has 1 saturated heterocycles. The molecule has 1 amide bonds. The molecule has 1 aliphatic heterocycles. The number of aromatic nitrogens is 3. The Morgan fingerprint density at radius 2 is 1.96 bits per heavy atom. The van der Waals surface area contributed by atoms with Gasteiger partial charge in [0.15, 0.2) is 0 Å². The number of benzene rings is 1. The van der Waals surface area contributed by atoms with Crippen LogP contribution in [0, 0.1) is 0 Å². The number of carbonyl (C=O) groups excluding carboxylic acids is 1. The highest BCUT2D eigenvalue weighted by atomic mass is 16.5. The minimum absolute atomic E-state index is 0.00776. The second kappa shape index (κ2) is 7.39. The van der Waals surface area contributed by atoms with Gasteiger partial charge in [-0.25, -0.2) is 0 Å². The van der Waals surface area contributed by atoms with Crippen LogP contribution in [0.1, 0.15) is 23.3 Å². The molecule has 1 fully saturated rings. The van der Waals surface area contributed by atoms with Gasteiger partial charge in [-0.15, -0.1) is 0 Å². The first kappa shape index (κ1) is 16.3. The van der Waals surface area contributed by atoms with Gasteiger partial charge in [0.1, 0.15) is 17.5 Å². The average Bonchev–Trinajstić information content (AvgIpc) is 3.19. The number of hydrogen-bond donors (Lipinski definition) is 1. The van der Waals surface area contributed by atoms with Gasteiger partial charge in [-0.2, -0.15) is 5.10 Å². The van der Waals surface area contributed by atoms with Crippen molar-refractivity contribution in [1.82, 2.24) is 20.1 Å². The van der Waals surface area contributed by atoms with Crippen molar-refractivity contribution in [2.45, 2.75) is 18.9 Å². The Labute approximate surface area is 151 Å². The summed E-state index contributed by atoms with van der Waals surface area (Å²) in [4.78, 5) is 18.7. The third-order valence-electron chi connectivity index (χ3n) is 4.50. The molecule has 6 heteroatoms. The summed E-state index contributed by atoms with van der Waals surface area (Å²) in [7, 11) is 0. The maximum Gasteiger partial charge on any atom is 0.272 e.